The predicted octanol–water partition coefficient (Wildman–Crippen LogP) is 3.21. The highest BCUT2D eigenvalue weighted by molar-refractivity contribution is 5.92. The van der Waals surface area contributed by atoms with E-state index < -0.39 is 0 Å². The Labute approximate surface area is 163 Å². The average Bonchev–Trinajstić information content (AvgIpc) is 3.06. The number of amides is 1. The third-order valence-corrected chi connectivity index (χ3v) is 5.02. The Hall–Kier alpha value is -3.16. The van der Waals surface area contributed by atoms with Gasteiger partial charge in [-0.15, -0.1) is 0 Å². The van der Waals surface area contributed by atoms with E-state index in [1.165, 1.54) is 6.33 Å². The van der Waals surface area contributed by atoms with Crippen LogP contribution < -0.4 is 0 Å². The summed E-state index contributed by atoms with van der Waals surface area (Å²) >= 11 is 0. The Morgan fingerprint density at radius 1 is 1.21 bits per heavy atom. The maximum atomic E-state index is 13.0. The van der Waals surface area contributed by atoms with Crippen molar-refractivity contribution in [1.82, 2.24) is 30.0 Å². The van der Waals surface area contributed by atoms with Crippen LogP contribution in [0, 0.1) is 20.8 Å². The monoisotopic (exact) mass is 378 g/mol. The van der Waals surface area contributed by atoms with Crippen LogP contribution in [0.3, 0.4) is 0 Å². The van der Waals surface area contributed by atoms with Crippen molar-refractivity contribution in [2.24, 2.45) is 0 Å². The predicted molar refractivity (Wildman–Crippen MR) is 101 cm³/mol. The number of rotatable bonds is 3. The first kappa shape index (κ1) is 18.2. The minimum absolute atomic E-state index is 0.115. The van der Waals surface area contributed by atoms with E-state index in [1.54, 1.807) is 12.3 Å². The molecule has 0 aliphatic carbocycles. The van der Waals surface area contributed by atoms with Gasteiger partial charge in [0.1, 0.15) is 17.8 Å². The van der Waals surface area contributed by atoms with Gasteiger partial charge in [0, 0.05) is 18.4 Å². The summed E-state index contributed by atoms with van der Waals surface area (Å²) in [5, 5.41) is 4.03. The van der Waals surface area contributed by atoms with Crippen molar-refractivity contribution in [3.05, 3.63) is 53.3 Å². The molecule has 1 atom stereocenters. The Kier molecular flexibility index (Phi) is 4.85. The van der Waals surface area contributed by atoms with Crippen molar-refractivity contribution >= 4 is 5.91 Å². The number of carbonyl (C=O) groups is 1. The van der Waals surface area contributed by atoms with E-state index in [4.69, 9.17) is 9.51 Å². The molecule has 8 heteroatoms. The lowest BCUT2D eigenvalue weighted by molar-refractivity contribution is 0.0593. The number of nitrogens with zero attached hydrogens (tertiary/aromatic N) is 6. The van der Waals surface area contributed by atoms with Gasteiger partial charge in [0.05, 0.1) is 23.0 Å². The molecular formula is C20H22N6O2. The van der Waals surface area contributed by atoms with Crippen LogP contribution in [0.2, 0.25) is 0 Å². The Balaban J connectivity index is 1.73. The van der Waals surface area contributed by atoms with Crippen LogP contribution in [-0.4, -0.2) is 42.4 Å². The van der Waals surface area contributed by atoms with E-state index >= 15 is 0 Å². The van der Waals surface area contributed by atoms with E-state index in [9.17, 15) is 4.79 Å². The molecule has 1 fully saturated rings. The van der Waals surface area contributed by atoms with Gasteiger partial charge in [0.15, 0.2) is 5.82 Å². The SMILES string of the molecule is Cc1cc(-c2c(C)noc2C)nc([C@H]2CCCCN2C(=O)c2ccncn2)n1. The molecule has 0 radical (unpaired) electrons. The number of hydrogen-bond donors (Lipinski definition) is 0. The van der Waals surface area contributed by atoms with Gasteiger partial charge in [-0.3, -0.25) is 4.79 Å². The molecule has 4 rings (SSSR count). The summed E-state index contributed by atoms with van der Waals surface area (Å²) in [6, 6.07) is 3.38. The van der Waals surface area contributed by atoms with Crippen LogP contribution >= 0.6 is 0 Å². The number of carbonyl (C=O) groups excluding carboxylic acids is 1. The minimum Gasteiger partial charge on any atom is -0.361 e. The lowest BCUT2D eigenvalue weighted by atomic mass is 10.00. The van der Waals surface area contributed by atoms with Crippen molar-refractivity contribution in [2.45, 2.75) is 46.1 Å². The molecule has 0 spiro atoms. The maximum Gasteiger partial charge on any atom is 0.273 e. The molecule has 0 saturated carbocycles. The highest BCUT2D eigenvalue weighted by Gasteiger charge is 2.32. The molecule has 1 aliphatic rings. The fourth-order valence-electron chi connectivity index (χ4n) is 3.72. The van der Waals surface area contributed by atoms with Crippen molar-refractivity contribution in [3.63, 3.8) is 0 Å². The second-order valence-electron chi connectivity index (χ2n) is 7.06. The molecular weight excluding hydrogens is 356 g/mol. The lowest BCUT2D eigenvalue weighted by Crippen LogP contribution is -2.39. The van der Waals surface area contributed by atoms with Crippen LogP contribution in [0.4, 0.5) is 0 Å². The van der Waals surface area contributed by atoms with Gasteiger partial charge in [0.25, 0.3) is 5.91 Å². The van der Waals surface area contributed by atoms with Crippen molar-refractivity contribution in [1.29, 1.82) is 0 Å². The average molecular weight is 378 g/mol. The van der Waals surface area contributed by atoms with E-state index in [0.29, 0.717) is 18.1 Å². The molecule has 144 valence electrons. The summed E-state index contributed by atoms with van der Waals surface area (Å²) in [5.74, 6) is 1.26. The first-order chi connectivity index (χ1) is 13.5. The topological polar surface area (TPSA) is 97.9 Å². The molecule has 0 aromatic carbocycles. The molecule has 3 aromatic rings. The molecule has 0 N–H and O–H groups in total. The third-order valence-electron chi connectivity index (χ3n) is 5.02. The molecule has 4 heterocycles. The van der Waals surface area contributed by atoms with Crippen LogP contribution in [-0.2, 0) is 0 Å². The normalized spacial score (nSPS) is 17.0. The van der Waals surface area contributed by atoms with E-state index in [-0.39, 0.29) is 11.9 Å². The Bertz CT molecular complexity index is 982. The maximum absolute atomic E-state index is 13.0. The summed E-state index contributed by atoms with van der Waals surface area (Å²) in [6.45, 7) is 6.37. The van der Waals surface area contributed by atoms with Gasteiger partial charge in [-0.25, -0.2) is 19.9 Å². The molecule has 1 amide bonds. The van der Waals surface area contributed by atoms with Crippen molar-refractivity contribution < 1.29 is 9.32 Å². The smallest absolute Gasteiger partial charge is 0.273 e. The fraction of sp³-hybridized carbons (Fsp3) is 0.400. The van der Waals surface area contributed by atoms with Gasteiger partial charge >= 0.3 is 0 Å². The standard InChI is InChI=1S/C20H22N6O2/c1-12-10-16(18-13(2)25-28-14(18)3)24-19(23-12)17-6-4-5-9-26(17)20(27)15-7-8-21-11-22-15/h7-8,10-11,17H,4-6,9H2,1-3H3/t17-/m1/s1. The van der Waals surface area contributed by atoms with Crippen LogP contribution in [0.25, 0.3) is 11.3 Å². The summed E-state index contributed by atoms with van der Waals surface area (Å²) < 4.78 is 5.30. The molecule has 8 nitrogen and oxygen atoms in total. The highest BCUT2D eigenvalue weighted by Crippen LogP contribution is 2.32. The van der Waals surface area contributed by atoms with Crippen LogP contribution in [0.15, 0.2) is 29.2 Å². The molecule has 28 heavy (non-hydrogen) atoms. The number of aromatic nitrogens is 5. The second-order valence-corrected chi connectivity index (χ2v) is 7.06. The lowest BCUT2D eigenvalue weighted by Gasteiger charge is -2.34. The van der Waals surface area contributed by atoms with Crippen LogP contribution in [0.5, 0.6) is 0 Å². The van der Waals surface area contributed by atoms with Gasteiger partial charge in [-0.2, -0.15) is 0 Å². The van der Waals surface area contributed by atoms with Gasteiger partial charge in [0.2, 0.25) is 0 Å². The minimum atomic E-state index is -0.185. The molecule has 1 aliphatic heterocycles. The largest absolute Gasteiger partial charge is 0.361 e. The quantitative estimate of drug-likeness (QED) is 0.690. The molecule has 3 aromatic heterocycles. The highest BCUT2D eigenvalue weighted by atomic mass is 16.5. The zero-order valence-electron chi connectivity index (χ0n) is 16.2. The third kappa shape index (κ3) is 3.37. The van der Waals surface area contributed by atoms with Gasteiger partial charge < -0.3 is 9.42 Å². The van der Waals surface area contributed by atoms with Gasteiger partial charge in [-0.05, 0) is 52.2 Å². The first-order valence-corrected chi connectivity index (χ1v) is 9.40. The van der Waals surface area contributed by atoms with E-state index in [2.05, 4.69) is 20.1 Å². The van der Waals surface area contributed by atoms with E-state index in [0.717, 1.165) is 47.7 Å². The summed E-state index contributed by atoms with van der Waals surface area (Å²) in [7, 11) is 0. The number of aryl methyl sites for hydroxylation is 3. The second kappa shape index (κ2) is 7.46. The molecule has 0 unspecified atom stereocenters. The summed E-state index contributed by atoms with van der Waals surface area (Å²) in [5.41, 5.74) is 3.69. The number of likely N-dealkylation sites (tertiary alicyclic amines) is 1. The van der Waals surface area contributed by atoms with Crippen molar-refractivity contribution in [2.75, 3.05) is 6.54 Å². The number of piperidine rings is 1. The summed E-state index contributed by atoms with van der Waals surface area (Å²) in [4.78, 5) is 32.4. The summed E-state index contributed by atoms with van der Waals surface area (Å²) in [6.07, 6.45) is 5.77. The molecule has 1 saturated heterocycles. The zero-order valence-corrected chi connectivity index (χ0v) is 16.2. The Morgan fingerprint density at radius 3 is 2.79 bits per heavy atom. The van der Waals surface area contributed by atoms with Crippen LogP contribution in [0.1, 0.15) is 58.8 Å². The van der Waals surface area contributed by atoms with E-state index in [1.807, 2.05) is 31.7 Å². The fourth-order valence-corrected chi connectivity index (χ4v) is 3.72. The van der Waals surface area contributed by atoms with Gasteiger partial charge in [-0.1, -0.05) is 5.16 Å². The Morgan fingerprint density at radius 2 is 2.07 bits per heavy atom. The zero-order chi connectivity index (χ0) is 19.7. The first-order valence-electron chi connectivity index (χ1n) is 9.40. The number of hydrogen-bond acceptors (Lipinski definition) is 7. The van der Waals surface area contributed by atoms with Crippen molar-refractivity contribution in [3.8, 4) is 11.3 Å². The molecule has 0 bridgehead atoms.